The van der Waals surface area contributed by atoms with Crippen molar-refractivity contribution in [2.75, 3.05) is 13.1 Å². The van der Waals surface area contributed by atoms with Gasteiger partial charge in [0.05, 0.1) is 16.0 Å². The summed E-state index contributed by atoms with van der Waals surface area (Å²) in [5.41, 5.74) is -0.143. The van der Waals surface area contributed by atoms with E-state index in [9.17, 15) is 14.0 Å². The van der Waals surface area contributed by atoms with Crippen LogP contribution < -0.4 is 0 Å². The number of benzene rings is 1. The van der Waals surface area contributed by atoms with E-state index in [2.05, 4.69) is 15.9 Å². The molecule has 1 aliphatic heterocycles. The van der Waals surface area contributed by atoms with E-state index in [1.54, 1.807) is 0 Å². The van der Waals surface area contributed by atoms with Crippen LogP contribution in [0.1, 0.15) is 23.2 Å². The van der Waals surface area contributed by atoms with E-state index in [0.29, 0.717) is 19.4 Å². The molecule has 1 heterocycles. The highest BCUT2D eigenvalue weighted by atomic mass is 79.9. The predicted molar refractivity (Wildman–Crippen MR) is 75.4 cm³/mol. The molecule has 1 aromatic carbocycles. The molecule has 1 N–H and O–H groups in total. The largest absolute Gasteiger partial charge is 0.481 e. The standard InChI is InChI=1S/C13H12BrClFNO3/c14-10-5-8(15)4-9(11(10)16)12(18)17-3-1-2-7(6-17)13(19)20/h4-5,7H,1-3,6H2,(H,19,20). The fourth-order valence-electron chi connectivity index (χ4n) is 2.25. The van der Waals surface area contributed by atoms with E-state index >= 15 is 0 Å². The topological polar surface area (TPSA) is 57.6 Å². The van der Waals surface area contributed by atoms with Gasteiger partial charge in [-0.1, -0.05) is 11.6 Å². The maximum absolute atomic E-state index is 14.0. The molecule has 1 fully saturated rings. The molecule has 1 aliphatic rings. The van der Waals surface area contributed by atoms with Crippen molar-refractivity contribution in [1.82, 2.24) is 4.90 Å². The van der Waals surface area contributed by atoms with E-state index < -0.39 is 23.6 Å². The lowest BCUT2D eigenvalue weighted by Crippen LogP contribution is -2.42. The van der Waals surface area contributed by atoms with E-state index in [1.165, 1.54) is 17.0 Å². The number of nitrogens with zero attached hydrogens (tertiary/aromatic N) is 1. The van der Waals surface area contributed by atoms with Gasteiger partial charge >= 0.3 is 5.97 Å². The maximum Gasteiger partial charge on any atom is 0.308 e. The Hall–Kier alpha value is -1.14. The fraction of sp³-hybridized carbons (Fsp3) is 0.385. The van der Waals surface area contributed by atoms with Crippen LogP contribution in [0.2, 0.25) is 5.02 Å². The lowest BCUT2D eigenvalue weighted by atomic mass is 9.97. The number of carboxylic acid groups (broad SMARTS) is 1. The summed E-state index contributed by atoms with van der Waals surface area (Å²) in [6, 6.07) is 2.62. The number of aliphatic carboxylic acids is 1. The van der Waals surface area contributed by atoms with Crippen LogP contribution in [0.5, 0.6) is 0 Å². The molecule has 0 bridgehead atoms. The minimum Gasteiger partial charge on any atom is -0.481 e. The first-order chi connectivity index (χ1) is 9.40. The number of piperidine rings is 1. The summed E-state index contributed by atoms with van der Waals surface area (Å²) >= 11 is 8.82. The average molecular weight is 365 g/mol. The van der Waals surface area contributed by atoms with Gasteiger partial charge in [0.25, 0.3) is 5.91 Å². The Morgan fingerprint density at radius 2 is 2.15 bits per heavy atom. The van der Waals surface area contributed by atoms with Crippen molar-refractivity contribution in [2.45, 2.75) is 12.8 Å². The molecule has 0 aromatic heterocycles. The van der Waals surface area contributed by atoms with Gasteiger partial charge in [0.1, 0.15) is 5.82 Å². The van der Waals surface area contributed by atoms with Crippen LogP contribution in [0.4, 0.5) is 4.39 Å². The van der Waals surface area contributed by atoms with Crippen molar-refractivity contribution in [3.05, 3.63) is 33.0 Å². The van der Waals surface area contributed by atoms with Crippen molar-refractivity contribution in [2.24, 2.45) is 5.92 Å². The molecule has 108 valence electrons. The molecule has 1 amide bonds. The zero-order chi connectivity index (χ0) is 14.9. The molecule has 1 saturated heterocycles. The monoisotopic (exact) mass is 363 g/mol. The van der Waals surface area contributed by atoms with Gasteiger partial charge < -0.3 is 10.0 Å². The molecule has 20 heavy (non-hydrogen) atoms. The van der Waals surface area contributed by atoms with Crippen LogP contribution in [-0.2, 0) is 4.79 Å². The summed E-state index contributed by atoms with van der Waals surface area (Å²) < 4.78 is 14.1. The molecule has 4 nitrogen and oxygen atoms in total. The number of carboxylic acids is 1. The van der Waals surface area contributed by atoms with Crippen molar-refractivity contribution in [1.29, 1.82) is 0 Å². The molecule has 1 aromatic rings. The van der Waals surface area contributed by atoms with Gasteiger partial charge in [-0.25, -0.2) is 4.39 Å². The second-order valence-electron chi connectivity index (χ2n) is 4.68. The number of halogens is 3. The normalized spacial score (nSPS) is 18.9. The molecule has 0 spiro atoms. The van der Waals surface area contributed by atoms with Crippen molar-refractivity contribution >= 4 is 39.4 Å². The Kier molecular flexibility index (Phi) is 4.65. The van der Waals surface area contributed by atoms with Crippen LogP contribution >= 0.6 is 27.5 Å². The van der Waals surface area contributed by atoms with E-state index in [1.807, 2.05) is 0 Å². The second kappa shape index (κ2) is 6.10. The zero-order valence-electron chi connectivity index (χ0n) is 10.4. The SMILES string of the molecule is O=C(O)C1CCCN(C(=O)c2cc(Cl)cc(Br)c2F)C1. The molecule has 1 unspecified atom stereocenters. The van der Waals surface area contributed by atoms with Gasteiger partial charge in [0.2, 0.25) is 0 Å². The minimum absolute atomic E-state index is 0.0950. The zero-order valence-corrected chi connectivity index (χ0v) is 12.7. The van der Waals surface area contributed by atoms with Crippen LogP contribution in [0.15, 0.2) is 16.6 Å². The van der Waals surface area contributed by atoms with E-state index in [4.69, 9.17) is 16.7 Å². The molecular formula is C13H12BrClFNO3. The van der Waals surface area contributed by atoms with Crippen LogP contribution in [0.3, 0.4) is 0 Å². The predicted octanol–water partition coefficient (Wildman–Crippen LogP) is 3.18. The third-order valence-electron chi connectivity index (χ3n) is 3.28. The highest BCUT2D eigenvalue weighted by Crippen LogP contribution is 2.27. The molecule has 0 radical (unpaired) electrons. The lowest BCUT2D eigenvalue weighted by molar-refractivity contribution is -0.143. The van der Waals surface area contributed by atoms with Gasteiger partial charge in [-0.05, 0) is 40.9 Å². The number of likely N-dealkylation sites (tertiary alicyclic amines) is 1. The Bertz CT molecular complexity index is 567. The Balaban J connectivity index is 2.25. The first kappa shape index (κ1) is 15.3. The Morgan fingerprint density at radius 3 is 2.80 bits per heavy atom. The number of hydrogen-bond donors (Lipinski definition) is 1. The van der Waals surface area contributed by atoms with Crippen molar-refractivity contribution in [3.63, 3.8) is 0 Å². The lowest BCUT2D eigenvalue weighted by Gasteiger charge is -2.30. The van der Waals surface area contributed by atoms with Crippen LogP contribution in [-0.4, -0.2) is 35.0 Å². The quantitative estimate of drug-likeness (QED) is 0.820. The fourth-order valence-corrected chi connectivity index (χ4v) is 3.06. The third kappa shape index (κ3) is 3.12. The summed E-state index contributed by atoms with van der Waals surface area (Å²) in [6.07, 6.45) is 1.12. The van der Waals surface area contributed by atoms with Gasteiger partial charge in [0.15, 0.2) is 0 Å². The van der Waals surface area contributed by atoms with Gasteiger partial charge in [-0.3, -0.25) is 9.59 Å². The van der Waals surface area contributed by atoms with Crippen LogP contribution in [0, 0.1) is 11.7 Å². The average Bonchev–Trinajstić information content (AvgIpc) is 2.42. The van der Waals surface area contributed by atoms with E-state index in [-0.39, 0.29) is 21.6 Å². The van der Waals surface area contributed by atoms with Crippen molar-refractivity contribution in [3.8, 4) is 0 Å². The maximum atomic E-state index is 14.0. The summed E-state index contributed by atoms with van der Waals surface area (Å²) in [6.45, 7) is 0.518. The Labute approximate surface area is 128 Å². The summed E-state index contributed by atoms with van der Waals surface area (Å²) in [5.74, 6) is -2.75. The number of carbonyl (C=O) groups is 2. The van der Waals surface area contributed by atoms with Gasteiger partial charge in [-0.2, -0.15) is 0 Å². The number of carbonyl (C=O) groups excluding carboxylic acids is 1. The summed E-state index contributed by atoms with van der Waals surface area (Å²) in [4.78, 5) is 24.7. The first-order valence-corrected chi connectivity index (χ1v) is 7.24. The molecule has 7 heteroatoms. The number of amides is 1. The molecule has 0 aliphatic carbocycles. The number of hydrogen-bond acceptors (Lipinski definition) is 2. The van der Waals surface area contributed by atoms with Gasteiger partial charge in [0, 0.05) is 18.1 Å². The van der Waals surface area contributed by atoms with E-state index in [0.717, 1.165) is 0 Å². The highest BCUT2D eigenvalue weighted by Gasteiger charge is 2.30. The minimum atomic E-state index is -0.935. The van der Waals surface area contributed by atoms with Crippen molar-refractivity contribution < 1.29 is 19.1 Å². The summed E-state index contributed by atoms with van der Waals surface area (Å²) in [5, 5.41) is 9.25. The third-order valence-corrected chi connectivity index (χ3v) is 4.08. The molecular weight excluding hydrogens is 353 g/mol. The van der Waals surface area contributed by atoms with Gasteiger partial charge in [-0.15, -0.1) is 0 Å². The molecule has 1 atom stereocenters. The first-order valence-electron chi connectivity index (χ1n) is 6.06. The summed E-state index contributed by atoms with van der Waals surface area (Å²) in [7, 11) is 0. The smallest absolute Gasteiger partial charge is 0.308 e. The highest BCUT2D eigenvalue weighted by molar-refractivity contribution is 9.10. The number of rotatable bonds is 2. The molecule has 2 rings (SSSR count). The molecule has 0 saturated carbocycles. The Morgan fingerprint density at radius 1 is 1.45 bits per heavy atom. The second-order valence-corrected chi connectivity index (χ2v) is 5.97. The van der Waals surface area contributed by atoms with Crippen LogP contribution in [0.25, 0.3) is 0 Å².